The molecule has 66 valence electrons. The minimum atomic E-state index is -5.79. The molecular formula is C3H3F3O4S. The zero-order chi connectivity index (χ0) is 9.28. The first kappa shape index (κ1) is 10.2. The molecule has 0 saturated carbocycles. The number of alkyl halides is 1. The van der Waals surface area contributed by atoms with Crippen LogP contribution in [0.2, 0.25) is 0 Å². The van der Waals surface area contributed by atoms with Crippen molar-refractivity contribution in [2.75, 3.05) is 0 Å². The molecule has 0 aliphatic carbocycles. The monoisotopic (exact) mass is 192 g/mol. The topological polar surface area (TPSA) is 60.4 Å². The van der Waals surface area contributed by atoms with Gasteiger partial charge in [-0.1, -0.05) is 0 Å². The maximum atomic E-state index is 12.3. The van der Waals surface area contributed by atoms with Crippen LogP contribution < -0.4 is 0 Å². The molecular weight excluding hydrogens is 189 g/mol. The molecule has 0 aliphatic heterocycles. The average Bonchev–Trinajstić information content (AvgIpc) is 1.83. The Morgan fingerprint density at radius 2 is 1.91 bits per heavy atom. The van der Waals surface area contributed by atoms with E-state index in [-0.39, 0.29) is 6.92 Å². The quantitative estimate of drug-likeness (QED) is 0.594. The largest absolute Gasteiger partial charge is 0.403 e. The SMILES string of the molecule is CC(F)(C(=O)OF)S(=O)(=O)F. The van der Waals surface area contributed by atoms with E-state index in [1.54, 1.807) is 0 Å². The van der Waals surface area contributed by atoms with E-state index in [9.17, 15) is 26.0 Å². The van der Waals surface area contributed by atoms with E-state index in [0.717, 1.165) is 0 Å². The fraction of sp³-hybridized carbons (Fsp3) is 0.667. The second-order valence-electron chi connectivity index (χ2n) is 1.72. The molecule has 0 aromatic carbocycles. The zero-order valence-electron chi connectivity index (χ0n) is 5.18. The highest BCUT2D eigenvalue weighted by molar-refractivity contribution is 7.88. The van der Waals surface area contributed by atoms with Crippen LogP contribution in [0.1, 0.15) is 6.92 Å². The summed E-state index contributed by atoms with van der Waals surface area (Å²) in [6, 6.07) is 0. The van der Waals surface area contributed by atoms with Gasteiger partial charge in [0.05, 0.1) is 0 Å². The predicted octanol–water partition coefficient (Wildman–Crippen LogP) is 0.399. The van der Waals surface area contributed by atoms with Crippen LogP contribution >= 0.6 is 0 Å². The lowest BCUT2D eigenvalue weighted by molar-refractivity contribution is -0.191. The van der Waals surface area contributed by atoms with Gasteiger partial charge in [0.2, 0.25) is 0 Å². The third kappa shape index (κ3) is 1.82. The molecule has 0 saturated heterocycles. The second kappa shape index (κ2) is 2.68. The highest BCUT2D eigenvalue weighted by Gasteiger charge is 2.50. The smallest absolute Gasteiger partial charge is 0.250 e. The van der Waals surface area contributed by atoms with E-state index in [4.69, 9.17) is 0 Å². The molecule has 0 rings (SSSR count). The third-order valence-corrected chi connectivity index (χ3v) is 1.97. The molecule has 4 nitrogen and oxygen atoms in total. The summed E-state index contributed by atoms with van der Waals surface area (Å²) in [6.07, 6.45) is 0. The first-order valence-electron chi connectivity index (χ1n) is 2.19. The number of carbonyl (C=O) groups is 1. The molecule has 0 amide bonds. The normalized spacial score (nSPS) is 17.1. The van der Waals surface area contributed by atoms with E-state index < -0.39 is 21.2 Å². The van der Waals surface area contributed by atoms with Crippen LogP contribution in [0.15, 0.2) is 0 Å². The molecule has 0 spiro atoms. The standard InChI is InChI=1S/C3H3F3O4S/c1-3(4,2(7)10-5)11(6,8)9/h1H3. The Hall–Kier alpha value is -0.790. The van der Waals surface area contributed by atoms with Crippen molar-refractivity contribution in [1.29, 1.82) is 0 Å². The summed E-state index contributed by atoms with van der Waals surface area (Å²) in [5, 5.41) is -3.98. The van der Waals surface area contributed by atoms with Crippen LogP contribution in [-0.2, 0) is 20.0 Å². The summed E-state index contributed by atoms with van der Waals surface area (Å²) in [6.45, 7) is 0.0320. The number of hydrogen-bond acceptors (Lipinski definition) is 4. The zero-order valence-corrected chi connectivity index (χ0v) is 5.99. The summed E-state index contributed by atoms with van der Waals surface area (Å²) in [5.74, 6) is -2.44. The van der Waals surface area contributed by atoms with Crippen molar-refractivity contribution >= 4 is 16.2 Å². The molecule has 0 aromatic heterocycles. The van der Waals surface area contributed by atoms with Crippen molar-refractivity contribution in [2.45, 2.75) is 11.9 Å². The lowest BCUT2D eigenvalue weighted by Crippen LogP contribution is -2.36. The molecule has 1 unspecified atom stereocenters. The van der Waals surface area contributed by atoms with Crippen LogP contribution in [0.3, 0.4) is 0 Å². The van der Waals surface area contributed by atoms with Gasteiger partial charge in [-0.25, -0.2) is 14.1 Å². The van der Waals surface area contributed by atoms with Gasteiger partial charge in [0.1, 0.15) is 0 Å². The lowest BCUT2D eigenvalue weighted by Gasteiger charge is -2.08. The molecule has 0 bridgehead atoms. The molecule has 0 fully saturated rings. The summed E-state index contributed by atoms with van der Waals surface area (Å²) in [7, 11) is -5.79. The molecule has 0 aromatic rings. The van der Waals surface area contributed by atoms with E-state index >= 15 is 0 Å². The number of carbonyl (C=O) groups excluding carboxylic acids is 1. The third-order valence-electron chi connectivity index (χ3n) is 0.893. The first-order chi connectivity index (χ1) is 4.73. The molecule has 0 radical (unpaired) electrons. The fourth-order valence-electron chi connectivity index (χ4n) is 0.168. The Kier molecular flexibility index (Phi) is 2.49. The van der Waals surface area contributed by atoms with Crippen molar-refractivity contribution in [3.05, 3.63) is 0 Å². The van der Waals surface area contributed by atoms with Gasteiger partial charge in [0, 0.05) is 4.53 Å². The molecule has 11 heavy (non-hydrogen) atoms. The summed E-state index contributed by atoms with van der Waals surface area (Å²) in [5.41, 5.74) is 0. The van der Waals surface area contributed by atoms with Gasteiger partial charge in [-0.2, -0.15) is 8.42 Å². The van der Waals surface area contributed by atoms with E-state index in [2.05, 4.69) is 4.94 Å². The summed E-state index contributed by atoms with van der Waals surface area (Å²) < 4.78 is 54.4. The molecule has 0 aliphatic rings. The van der Waals surface area contributed by atoms with Crippen LogP contribution in [0.5, 0.6) is 0 Å². The molecule has 8 heteroatoms. The average molecular weight is 192 g/mol. The highest BCUT2D eigenvalue weighted by atomic mass is 32.3. The van der Waals surface area contributed by atoms with Gasteiger partial charge < -0.3 is 0 Å². The van der Waals surface area contributed by atoms with E-state index in [0.29, 0.717) is 0 Å². The van der Waals surface area contributed by atoms with Crippen molar-refractivity contribution < 1.29 is 31.0 Å². The van der Waals surface area contributed by atoms with Gasteiger partial charge >= 0.3 is 21.2 Å². The van der Waals surface area contributed by atoms with Gasteiger partial charge in [-0.05, 0) is 6.92 Å². The number of rotatable bonds is 2. The Morgan fingerprint density at radius 3 is 2.00 bits per heavy atom. The van der Waals surface area contributed by atoms with Crippen molar-refractivity contribution in [1.82, 2.24) is 0 Å². The van der Waals surface area contributed by atoms with Crippen molar-refractivity contribution in [3.8, 4) is 0 Å². The number of halogens is 3. The Balaban J connectivity index is 4.90. The second-order valence-corrected chi connectivity index (χ2v) is 3.36. The Labute approximate surface area is 60.1 Å². The van der Waals surface area contributed by atoms with Crippen LogP contribution in [0.4, 0.5) is 12.8 Å². The summed E-state index contributed by atoms with van der Waals surface area (Å²) in [4.78, 5) is 12.1. The molecule has 0 heterocycles. The lowest BCUT2D eigenvalue weighted by atomic mass is 10.4. The minimum absolute atomic E-state index is 0.0320. The highest BCUT2D eigenvalue weighted by Crippen LogP contribution is 2.22. The number of hydrogen-bond donors (Lipinski definition) is 0. The van der Waals surface area contributed by atoms with Crippen molar-refractivity contribution in [2.24, 2.45) is 0 Å². The summed E-state index contributed by atoms with van der Waals surface area (Å²) >= 11 is 0. The Morgan fingerprint density at radius 1 is 1.55 bits per heavy atom. The van der Waals surface area contributed by atoms with Crippen molar-refractivity contribution in [3.63, 3.8) is 0 Å². The van der Waals surface area contributed by atoms with Gasteiger partial charge in [0.25, 0.3) is 0 Å². The van der Waals surface area contributed by atoms with Crippen LogP contribution in [-0.4, -0.2) is 19.4 Å². The maximum absolute atomic E-state index is 12.3. The van der Waals surface area contributed by atoms with Gasteiger partial charge in [0.15, 0.2) is 0 Å². The van der Waals surface area contributed by atoms with Gasteiger partial charge in [-0.15, -0.1) is 3.89 Å². The maximum Gasteiger partial charge on any atom is 0.403 e. The van der Waals surface area contributed by atoms with Crippen LogP contribution in [0, 0.1) is 0 Å². The minimum Gasteiger partial charge on any atom is -0.250 e. The molecule has 0 N–H and O–H groups in total. The predicted molar refractivity (Wildman–Crippen MR) is 26.7 cm³/mol. The fourth-order valence-corrected chi connectivity index (χ4v) is 0.399. The van der Waals surface area contributed by atoms with E-state index in [1.807, 2.05) is 0 Å². The van der Waals surface area contributed by atoms with Gasteiger partial charge in [-0.3, -0.25) is 0 Å². The molecule has 1 atom stereocenters. The Bertz CT molecular complexity index is 256. The van der Waals surface area contributed by atoms with Crippen LogP contribution in [0.25, 0.3) is 0 Å². The van der Waals surface area contributed by atoms with E-state index in [1.165, 1.54) is 0 Å². The first-order valence-corrected chi connectivity index (χ1v) is 3.58.